The number of amides is 1. The van der Waals surface area contributed by atoms with Gasteiger partial charge in [0.25, 0.3) is 0 Å². The molecular weight excluding hydrogens is 266 g/mol. The van der Waals surface area contributed by atoms with Crippen LogP contribution in [-0.4, -0.2) is 59.5 Å². The van der Waals surface area contributed by atoms with Crippen molar-refractivity contribution in [3.05, 3.63) is 18.6 Å². The Morgan fingerprint density at radius 1 is 1.19 bits per heavy atom. The molecule has 0 aromatic carbocycles. The first-order valence-electron chi connectivity index (χ1n) is 7.84. The number of rotatable bonds is 4. The number of anilines is 1. The first-order valence-corrected chi connectivity index (χ1v) is 7.84. The highest BCUT2D eigenvalue weighted by atomic mass is 16.2. The van der Waals surface area contributed by atoms with Crippen LogP contribution in [0.5, 0.6) is 0 Å². The fourth-order valence-electron chi connectivity index (χ4n) is 3.14. The zero-order chi connectivity index (χ0) is 14.5. The van der Waals surface area contributed by atoms with Crippen molar-refractivity contribution >= 4 is 11.7 Å². The number of carbonyl (C=O) groups is 1. The first kappa shape index (κ1) is 14.3. The molecule has 2 fully saturated rings. The van der Waals surface area contributed by atoms with Crippen molar-refractivity contribution < 1.29 is 4.79 Å². The summed E-state index contributed by atoms with van der Waals surface area (Å²) in [4.78, 5) is 24.9. The van der Waals surface area contributed by atoms with E-state index in [1.54, 1.807) is 18.6 Å². The number of hydrogen-bond acceptors (Lipinski definition) is 5. The summed E-state index contributed by atoms with van der Waals surface area (Å²) in [6.45, 7) is 4.11. The number of nitrogens with zero attached hydrogens (tertiary/aromatic N) is 4. The molecule has 6 nitrogen and oxygen atoms in total. The number of hydrogen-bond donors (Lipinski definition) is 1. The quantitative estimate of drug-likeness (QED) is 0.882. The van der Waals surface area contributed by atoms with E-state index in [0.717, 1.165) is 44.8 Å². The maximum absolute atomic E-state index is 12.0. The molecule has 1 saturated carbocycles. The second-order valence-corrected chi connectivity index (χ2v) is 5.88. The number of nitrogens with one attached hydrogen (secondary N) is 1. The smallest absolute Gasteiger partial charge is 0.234 e. The van der Waals surface area contributed by atoms with Gasteiger partial charge in [0.05, 0.1) is 12.7 Å². The van der Waals surface area contributed by atoms with Gasteiger partial charge in [-0.05, 0) is 12.8 Å². The van der Waals surface area contributed by atoms with E-state index < -0.39 is 0 Å². The van der Waals surface area contributed by atoms with Crippen molar-refractivity contribution in [2.75, 3.05) is 37.6 Å². The van der Waals surface area contributed by atoms with Gasteiger partial charge in [-0.25, -0.2) is 4.98 Å². The average Bonchev–Trinajstić information content (AvgIpc) is 3.02. The van der Waals surface area contributed by atoms with E-state index in [2.05, 4.69) is 25.1 Å². The van der Waals surface area contributed by atoms with E-state index >= 15 is 0 Å². The molecule has 1 aliphatic carbocycles. The van der Waals surface area contributed by atoms with Crippen LogP contribution in [0.1, 0.15) is 25.7 Å². The van der Waals surface area contributed by atoms with Crippen LogP contribution >= 0.6 is 0 Å². The van der Waals surface area contributed by atoms with Gasteiger partial charge in [0.2, 0.25) is 5.91 Å². The lowest BCUT2D eigenvalue weighted by Gasteiger charge is -2.34. The van der Waals surface area contributed by atoms with Gasteiger partial charge in [0.15, 0.2) is 0 Å². The van der Waals surface area contributed by atoms with Gasteiger partial charge in [-0.15, -0.1) is 0 Å². The summed E-state index contributed by atoms with van der Waals surface area (Å²) in [6.07, 6.45) is 9.99. The van der Waals surface area contributed by atoms with Crippen LogP contribution in [0.25, 0.3) is 0 Å². The lowest BCUT2D eigenvalue weighted by Crippen LogP contribution is -2.50. The molecule has 21 heavy (non-hydrogen) atoms. The van der Waals surface area contributed by atoms with E-state index in [-0.39, 0.29) is 5.91 Å². The molecule has 1 aliphatic heterocycles. The molecule has 0 unspecified atom stereocenters. The Kier molecular flexibility index (Phi) is 4.65. The molecule has 0 atom stereocenters. The molecule has 2 heterocycles. The van der Waals surface area contributed by atoms with Crippen LogP contribution in [0, 0.1) is 0 Å². The van der Waals surface area contributed by atoms with E-state index in [4.69, 9.17) is 0 Å². The Balaban J connectivity index is 1.42. The molecule has 3 rings (SSSR count). The van der Waals surface area contributed by atoms with Crippen LogP contribution < -0.4 is 10.2 Å². The first-order chi connectivity index (χ1) is 10.3. The lowest BCUT2D eigenvalue weighted by atomic mass is 10.2. The highest BCUT2D eigenvalue weighted by Gasteiger charge is 2.22. The monoisotopic (exact) mass is 289 g/mol. The van der Waals surface area contributed by atoms with Crippen molar-refractivity contribution in [3.8, 4) is 0 Å². The van der Waals surface area contributed by atoms with Gasteiger partial charge in [-0.2, -0.15) is 0 Å². The third-order valence-electron chi connectivity index (χ3n) is 4.33. The predicted octanol–water partition coefficient (Wildman–Crippen LogP) is 0.657. The van der Waals surface area contributed by atoms with Gasteiger partial charge < -0.3 is 10.2 Å². The minimum Gasteiger partial charge on any atom is -0.353 e. The van der Waals surface area contributed by atoms with Gasteiger partial charge in [0.1, 0.15) is 5.82 Å². The molecule has 0 radical (unpaired) electrons. The van der Waals surface area contributed by atoms with Gasteiger partial charge in [-0.3, -0.25) is 14.7 Å². The van der Waals surface area contributed by atoms with Crippen molar-refractivity contribution in [3.63, 3.8) is 0 Å². The summed E-state index contributed by atoms with van der Waals surface area (Å²) in [7, 11) is 0. The Morgan fingerprint density at radius 3 is 2.62 bits per heavy atom. The largest absolute Gasteiger partial charge is 0.353 e. The Bertz CT molecular complexity index is 452. The zero-order valence-corrected chi connectivity index (χ0v) is 12.4. The molecule has 2 aliphatic rings. The second kappa shape index (κ2) is 6.85. The van der Waals surface area contributed by atoms with Gasteiger partial charge in [0, 0.05) is 44.6 Å². The predicted molar refractivity (Wildman–Crippen MR) is 81.1 cm³/mol. The van der Waals surface area contributed by atoms with Gasteiger partial charge >= 0.3 is 0 Å². The van der Waals surface area contributed by atoms with Crippen molar-refractivity contribution in [1.29, 1.82) is 0 Å². The third kappa shape index (κ3) is 3.91. The maximum atomic E-state index is 12.0. The normalized spacial score (nSPS) is 20.7. The van der Waals surface area contributed by atoms with Crippen LogP contribution in [-0.2, 0) is 4.79 Å². The molecule has 1 amide bonds. The van der Waals surface area contributed by atoms with Crippen molar-refractivity contribution in [2.45, 2.75) is 31.7 Å². The fourth-order valence-corrected chi connectivity index (χ4v) is 3.14. The lowest BCUT2D eigenvalue weighted by molar-refractivity contribution is -0.123. The van der Waals surface area contributed by atoms with E-state index in [9.17, 15) is 4.79 Å². The molecule has 0 spiro atoms. The SMILES string of the molecule is O=C(CN1CCN(c2cnccn2)CC1)NC1CCCC1. The van der Waals surface area contributed by atoms with Crippen LogP contribution in [0.15, 0.2) is 18.6 Å². The zero-order valence-electron chi connectivity index (χ0n) is 12.4. The summed E-state index contributed by atoms with van der Waals surface area (Å²) >= 11 is 0. The van der Waals surface area contributed by atoms with Crippen LogP contribution in [0.3, 0.4) is 0 Å². The van der Waals surface area contributed by atoms with Crippen LogP contribution in [0.2, 0.25) is 0 Å². The fraction of sp³-hybridized carbons (Fsp3) is 0.667. The summed E-state index contributed by atoms with van der Waals surface area (Å²) < 4.78 is 0. The molecule has 1 saturated heterocycles. The molecule has 1 aromatic heterocycles. The molecule has 114 valence electrons. The Hall–Kier alpha value is -1.69. The molecule has 1 N–H and O–H groups in total. The molecule has 6 heteroatoms. The maximum Gasteiger partial charge on any atom is 0.234 e. The van der Waals surface area contributed by atoms with Gasteiger partial charge in [-0.1, -0.05) is 12.8 Å². The highest BCUT2D eigenvalue weighted by Crippen LogP contribution is 2.17. The topological polar surface area (TPSA) is 61.4 Å². The summed E-state index contributed by atoms with van der Waals surface area (Å²) in [5.74, 6) is 1.10. The van der Waals surface area contributed by atoms with E-state index in [0.29, 0.717) is 12.6 Å². The minimum atomic E-state index is 0.176. The van der Waals surface area contributed by atoms with E-state index in [1.807, 2.05) is 0 Å². The average molecular weight is 289 g/mol. The number of piperazine rings is 1. The summed E-state index contributed by atoms with van der Waals surface area (Å²) in [6, 6.07) is 0.415. The highest BCUT2D eigenvalue weighted by molar-refractivity contribution is 5.78. The number of aromatic nitrogens is 2. The van der Waals surface area contributed by atoms with Crippen molar-refractivity contribution in [1.82, 2.24) is 20.2 Å². The standard InChI is InChI=1S/C15H23N5O/c21-15(18-13-3-1-2-4-13)12-19-7-9-20(10-8-19)14-11-16-5-6-17-14/h5-6,11,13H,1-4,7-10,12H2,(H,18,21). The summed E-state index contributed by atoms with van der Waals surface area (Å²) in [5.41, 5.74) is 0. The second-order valence-electron chi connectivity index (χ2n) is 5.88. The Labute approximate surface area is 125 Å². The molecular formula is C15H23N5O. The molecule has 0 bridgehead atoms. The third-order valence-corrected chi connectivity index (χ3v) is 4.33. The van der Waals surface area contributed by atoms with Crippen LogP contribution in [0.4, 0.5) is 5.82 Å². The van der Waals surface area contributed by atoms with E-state index in [1.165, 1.54) is 12.8 Å². The summed E-state index contributed by atoms with van der Waals surface area (Å²) in [5, 5.41) is 3.15. The minimum absolute atomic E-state index is 0.176. The Morgan fingerprint density at radius 2 is 1.95 bits per heavy atom. The molecule has 1 aromatic rings. The van der Waals surface area contributed by atoms with Crippen molar-refractivity contribution in [2.24, 2.45) is 0 Å². The number of carbonyl (C=O) groups excluding carboxylic acids is 1.